The molecule has 0 unspecified atom stereocenters. The Morgan fingerprint density at radius 3 is 2.62 bits per heavy atom. The van der Waals surface area contributed by atoms with Gasteiger partial charge in [-0.25, -0.2) is 4.98 Å². The number of hydrogen-bond acceptors (Lipinski definition) is 4. The molecule has 1 aromatic heterocycles. The van der Waals surface area contributed by atoms with Gasteiger partial charge >= 0.3 is 0 Å². The van der Waals surface area contributed by atoms with E-state index in [0.717, 1.165) is 10.0 Å². The Hall–Kier alpha value is -2.28. The number of aryl methyl sites for hydroxylation is 2. The fourth-order valence-corrected chi connectivity index (χ4v) is 2.24. The number of anilines is 1. The van der Waals surface area contributed by atoms with Crippen molar-refractivity contribution in [2.75, 3.05) is 5.32 Å². The van der Waals surface area contributed by atoms with Gasteiger partial charge in [-0.15, -0.1) is 0 Å². The number of amides is 1. The van der Waals surface area contributed by atoms with Crippen LogP contribution >= 0.6 is 15.9 Å². The van der Waals surface area contributed by atoms with E-state index in [2.05, 4.69) is 26.2 Å². The molecule has 1 amide bonds. The lowest BCUT2D eigenvalue weighted by atomic mass is 10.1. The second-order valence-electron chi connectivity index (χ2n) is 4.53. The van der Waals surface area contributed by atoms with Crippen LogP contribution in [-0.2, 0) is 0 Å². The van der Waals surface area contributed by atoms with Gasteiger partial charge in [0.1, 0.15) is 5.82 Å². The molecule has 108 valence electrons. The summed E-state index contributed by atoms with van der Waals surface area (Å²) in [4.78, 5) is 26.7. The number of carbonyl (C=O) groups is 1. The van der Waals surface area contributed by atoms with Gasteiger partial charge in [-0.2, -0.15) is 0 Å². The number of nitro groups is 1. The summed E-state index contributed by atoms with van der Waals surface area (Å²) < 4.78 is 0.809. The Morgan fingerprint density at radius 1 is 1.29 bits per heavy atom. The zero-order valence-electron chi connectivity index (χ0n) is 11.4. The van der Waals surface area contributed by atoms with E-state index in [0.29, 0.717) is 11.4 Å². The average Bonchev–Trinajstić information content (AvgIpc) is 2.42. The summed E-state index contributed by atoms with van der Waals surface area (Å²) in [6.07, 6.45) is 1.57. The summed E-state index contributed by atoms with van der Waals surface area (Å²) >= 11 is 3.29. The molecule has 0 bridgehead atoms. The number of nitro benzene ring substituents is 1. The van der Waals surface area contributed by atoms with Gasteiger partial charge in [0, 0.05) is 27.9 Å². The Kier molecular flexibility index (Phi) is 4.32. The molecule has 1 aromatic carbocycles. The lowest BCUT2D eigenvalue weighted by Gasteiger charge is -2.08. The molecule has 0 fully saturated rings. The number of rotatable bonds is 3. The maximum absolute atomic E-state index is 12.2. The maximum Gasteiger partial charge on any atom is 0.273 e. The number of carbonyl (C=O) groups excluding carboxylic acids is 1. The summed E-state index contributed by atoms with van der Waals surface area (Å²) in [5.41, 5.74) is 1.44. The number of pyridine rings is 1. The summed E-state index contributed by atoms with van der Waals surface area (Å²) in [6, 6.07) is 6.18. The molecule has 2 rings (SSSR count). The first-order valence-electron chi connectivity index (χ1n) is 6.07. The zero-order chi connectivity index (χ0) is 15.6. The molecule has 0 aliphatic heterocycles. The topological polar surface area (TPSA) is 85.1 Å². The predicted octanol–water partition coefficient (Wildman–Crippen LogP) is 3.62. The van der Waals surface area contributed by atoms with Crippen LogP contribution in [0.4, 0.5) is 11.5 Å². The van der Waals surface area contributed by atoms with Crippen LogP contribution < -0.4 is 5.32 Å². The molecule has 7 heteroatoms. The Balaban J connectivity index is 2.28. The van der Waals surface area contributed by atoms with Crippen LogP contribution in [0.1, 0.15) is 21.5 Å². The standard InChI is InChI=1S/C14H12BrN3O3/c1-8-3-4-10(6-12(8)18(20)21)14(19)17-13-9(2)5-11(15)7-16-13/h3-7H,1-2H3,(H,16,17,19). The number of nitrogens with one attached hydrogen (secondary N) is 1. The molecule has 0 spiro atoms. The third-order valence-electron chi connectivity index (χ3n) is 2.94. The van der Waals surface area contributed by atoms with E-state index >= 15 is 0 Å². The minimum absolute atomic E-state index is 0.0804. The molecule has 6 nitrogen and oxygen atoms in total. The molecule has 0 saturated carbocycles. The van der Waals surface area contributed by atoms with Gasteiger partial charge in [-0.3, -0.25) is 14.9 Å². The van der Waals surface area contributed by atoms with E-state index in [1.807, 2.05) is 13.0 Å². The van der Waals surface area contributed by atoms with Gasteiger partial charge in [0.15, 0.2) is 0 Å². The second-order valence-corrected chi connectivity index (χ2v) is 5.45. The predicted molar refractivity (Wildman–Crippen MR) is 82.5 cm³/mol. The minimum Gasteiger partial charge on any atom is -0.306 e. The smallest absolute Gasteiger partial charge is 0.273 e. The fraction of sp³-hybridized carbons (Fsp3) is 0.143. The number of halogens is 1. The average molecular weight is 350 g/mol. The van der Waals surface area contributed by atoms with Gasteiger partial charge in [-0.05, 0) is 47.5 Å². The first-order chi connectivity index (χ1) is 9.88. The normalized spacial score (nSPS) is 10.2. The van der Waals surface area contributed by atoms with Crippen LogP contribution in [0.15, 0.2) is 34.9 Å². The highest BCUT2D eigenvalue weighted by molar-refractivity contribution is 9.10. The van der Waals surface area contributed by atoms with Gasteiger partial charge in [0.25, 0.3) is 11.6 Å². The van der Waals surface area contributed by atoms with Crippen LogP contribution in [0.5, 0.6) is 0 Å². The van der Waals surface area contributed by atoms with Gasteiger partial charge < -0.3 is 5.32 Å². The first-order valence-corrected chi connectivity index (χ1v) is 6.86. The SMILES string of the molecule is Cc1ccc(C(=O)Nc2ncc(Br)cc2C)cc1[N+](=O)[O-]. The molecule has 0 atom stereocenters. The van der Waals surface area contributed by atoms with Crippen molar-refractivity contribution in [2.24, 2.45) is 0 Å². The molecule has 0 aliphatic rings. The quantitative estimate of drug-likeness (QED) is 0.677. The van der Waals surface area contributed by atoms with Gasteiger partial charge in [0.2, 0.25) is 0 Å². The molecular formula is C14H12BrN3O3. The van der Waals surface area contributed by atoms with Crippen LogP contribution in [0, 0.1) is 24.0 Å². The molecule has 1 heterocycles. The van der Waals surface area contributed by atoms with E-state index in [9.17, 15) is 14.9 Å². The second kappa shape index (κ2) is 6.01. The Labute approximate surface area is 129 Å². The van der Waals surface area contributed by atoms with E-state index in [1.54, 1.807) is 25.3 Å². The molecular weight excluding hydrogens is 338 g/mol. The van der Waals surface area contributed by atoms with Crippen LogP contribution in [0.3, 0.4) is 0 Å². The summed E-state index contributed by atoms with van der Waals surface area (Å²) in [5, 5.41) is 13.5. The highest BCUT2D eigenvalue weighted by Gasteiger charge is 2.15. The summed E-state index contributed by atoms with van der Waals surface area (Å²) in [7, 11) is 0. The van der Waals surface area contributed by atoms with Crippen molar-refractivity contribution in [2.45, 2.75) is 13.8 Å². The van der Waals surface area contributed by atoms with E-state index in [4.69, 9.17) is 0 Å². The molecule has 0 aliphatic carbocycles. The van der Waals surface area contributed by atoms with E-state index in [1.165, 1.54) is 6.07 Å². The summed E-state index contributed by atoms with van der Waals surface area (Å²) in [6.45, 7) is 3.44. The van der Waals surface area contributed by atoms with Crippen molar-refractivity contribution in [3.8, 4) is 0 Å². The fourth-order valence-electron chi connectivity index (χ4n) is 1.80. The minimum atomic E-state index is -0.505. The van der Waals surface area contributed by atoms with Crippen LogP contribution in [-0.4, -0.2) is 15.8 Å². The van der Waals surface area contributed by atoms with Crippen molar-refractivity contribution in [1.29, 1.82) is 0 Å². The summed E-state index contributed by atoms with van der Waals surface area (Å²) in [5.74, 6) is -0.0116. The largest absolute Gasteiger partial charge is 0.306 e. The molecule has 1 N–H and O–H groups in total. The number of aromatic nitrogens is 1. The van der Waals surface area contributed by atoms with Crippen molar-refractivity contribution in [3.63, 3.8) is 0 Å². The molecule has 0 radical (unpaired) electrons. The lowest BCUT2D eigenvalue weighted by molar-refractivity contribution is -0.385. The Morgan fingerprint density at radius 2 is 2.00 bits per heavy atom. The molecule has 0 saturated heterocycles. The highest BCUT2D eigenvalue weighted by Crippen LogP contribution is 2.21. The third kappa shape index (κ3) is 3.43. The monoisotopic (exact) mass is 349 g/mol. The van der Waals surface area contributed by atoms with E-state index < -0.39 is 10.8 Å². The van der Waals surface area contributed by atoms with Crippen molar-refractivity contribution in [1.82, 2.24) is 4.98 Å². The van der Waals surface area contributed by atoms with Crippen LogP contribution in [0.25, 0.3) is 0 Å². The number of benzene rings is 1. The lowest BCUT2D eigenvalue weighted by Crippen LogP contribution is -2.14. The molecule has 2 aromatic rings. The van der Waals surface area contributed by atoms with Crippen molar-refractivity contribution < 1.29 is 9.72 Å². The Bertz CT molecular complexity index is 731. The van der Waals surface area contributed by atoms with Crippen LogP contribution in [0.2, 0.25) is 0 Å². The number of hydrogen-bond donors (Lipinski definition) is 1. The van der Waals surface area contributed by atoms with Crippen molar-refractivity contribution >= 4 is 33.3 Å². The highest BCUT2D eigenvalue weighted by atomic mass is 79.9. The first kappa shape index (κ1) is 15.1. The molecule has 21 heavy (non-hydrogen) atoms. The van der Waals surface area contributed by atoms with Gasteiger partial charge in [0.05, 0.1) is 4.92 Å². The third-order valence-corrected chi connectivity index (χ3v) is 3.38. The van der Waals surface area contributed by atoms with E-state index in [-0.39, 0.29) is 11.3 Å². The van der Waals surface area contributed by atoms with Gasteiger partial charge in [-0.1, -0.05) is 6.07 Å². The number of nitrogens with zero attached hydrogens (tertiary/aromatic N) is 2. The maximum atomic E-state index is 12.2. The van der Waals surface area contributed by atoms with Crippen molar-refractivity contribution in [3.05, 3.63) is 61.7 Å². The zero-order valence-corrected chi connectivity index (χ0v) is 13.0.